The largest absolute Gasteiger partial charge is 0.390 e. The van der Waals surface area contributed by atoms with Gasteiger partial charge < -0.3 is 0 Å². The van der Waals surface area contributed by atoms with Crippen LogP contribution in [-0.2, 0) is 5.41 Å². The lowest BCUT2D eigenvalue weighted by molar-refractivity contribution is -0.871. The van der Waals surface area contributed by atoms with Gasteiger partial charge in [0, 0.05) is 6.07 Å². The van der Waals surface area contributed by atoms with Gasteiger partial charge in [-0.1, -0.05) is 49.6 Å². The van der Waals surface area contributed by atoms with Crippen LogP contribution in [-0.4, -0.2) is 30.9 Å². The molecule has 0 saturated carbocycles. The molecule has 174 valence electrons. The van der Waals surface area contributed by atoms with Gasteiger partial charge >= 0.3 is 11.8 Å². The molecule has 1 unspecified atom stereocenters. The fraction of sp³-hybridized carbons (Fsp3) is 0.364. The number of quaternary nitrogens is 1. The highest BCUT2D eigenvalue weighted by Gasteiger charge is 2.56. The second-order valence-corrected chi connectivity index (χ2v) is 10.0. The summed E-state index contributed by atoms with van der Waals surface area (Å²) in [6.45, 7) is 11.1. The Kier molecular flexibility index (Phi) is 8.48. The van der Waals surface area contributed by atoms with E-state index in [2.05, 4.69) is 0 Å². The average Bonchev–Trinajstić information content (AvgIpc) is 2.70. The first-order valence-electron chi connectivity index (χ1n) is 9.60. The maximum Gasteiger partial charge on any atom is 0.390 e. The maximum absolute atomic E-state index is 13.5. The van der Waals surface area contributed by atoms with E-state index in [0.717, 1.165) is 5.56 Å². The molecule has 2 aromatic carbocycles. The summed E-state index contributed by atoms with van der Waals surface area (Å²) in [6, 6.07) is 12.3. The zero-order chi connectivity index (χ0) is 23.8. The zero-order valence-electron chi connectivity index (χ0n) is 18.8. The molecular formula is C22H27Cl3N3O4+. The lowest BCUT2D eigenvalue weighted by Gasteiger charge is -2.40. The molecule has 2 rings (SSSR count). The minimum atomic E-state index is -1.14. The van der Waals surface area contributed by atoms with Crippen LogP contribution in [0.5, 0.6) is 0 Å². The molecule has 0 fully saturated rings. The van der Waals surface area contributed by atoms with Crippen LogP contribution in [0.3, 0.4) is 0 Å². The van der Waals surface area contributed by atoms with Gasteiger partial charge in [-0.2, -0.15) is 0 Å². The number of nitro benzene ring substituents is 1. The molecule has 0 bridgehead atoms. The molecule has 0 aromatic heterocycles. The summed E-state index contributed by atoms with van der Waals surface area (Å²) in [4.78, 5) is 37.3. The van der Waals surface area contributed by atoms with Gasteiger partial charge in [0.25, 0.3) is 5.69 Å². The zero-order valence-corrected chi connectivity index (χ0v) is 21.1. The summed E-state index contributed by atoms with van der Waals surface area (Å²) >= 11 is 13.1. The summed E-state index contributed by atoms with van der Waals surface area (Å²) in [5.74, 6) is -1.60. The fourth-order valence-corrected chi connectivity index (χ4v) is 3.52. The highest BCUT2D eigenvalue weighted by Crippen LogP contribution is 2.38. The smallest absolute Gasteiger partial charge is 0.262 e. The van der Waals surface area contributed by atoms with Gasteiger partial charge in [-0.15, -0.1) is 12.4 Å². The summed E-state index contributed by atoms with van der Waals surface area (Å²) in [7, 11) is 0. The third-order valence-corrected chi connectivity index (χ3v) is 6.17. The van der Waals surface area contributed by atoms with Crippen LogP contribution < -0.4 is 0 Å². The first kappa shape index (κ1) is 27.8. The number of para-hydroxylation sites is 1. The molecular weight excluding hydrogens is 477 g/mol. The Morgan fingerprint density at radius 2 is 1.47 bits per heavy atom. The Morgan fingerprint density at radius 3 is 1.91 bits per heavy atom. The second-order valence-electron chi connectivity index (χ2n) is 9.20. The van der Waals surface area contributed by atoms with Gasteiger partial charge in [0.2, 0.25) is 11.8 Å². The number of amides is 2. The van der Waals surface area contributed by atoms with Crippen LogP contribution in [0.4, 0.5) is 5.69 Å². The van der Waals surface area contributed by atoms with Gasteiger partial charge in [0.05, 0.1) is 22.3 Å². The number of carbonyl (C=O) groups is 2. The Labute approximate surface area is 204 Å². The quantitative estimate of drug-likeness (QED) is 0.274. The number of nitro groups is 1. The number of halogens is 3. The standard InChI is InChI=1S/C22H26Cl2N3O4.ClH/c1-21(2,3)16-13-11-15(12-14-16)20(29)27(24,22(4,5)6)25(23)19(28)17-9-7-8-10-18(17)26(30)31;/h7-14H,1-6H3;1H/q+1;. The van der Waals surface area contributed by atoms with E-state index in [9.17, 15) is 19.7 Å². The van der Waals surface area contributed by atoms with E-state index in [4.69, 9.17) is 23.6 Å². The minimum Gasteiger partial charge on any atom is -0.262 e. The van der Waals surface area contributed by atoms with Crippen molar-refractivity contribution in [2.75, 3.05) is 0 Å². The maximum atomic E-state index is 13.5. The molecule has 0 radical (unpaired) electrons. The summed E-state index contributed by atoms with van der Waals surface area (Å²) < 4.78 is -0.627. The molecule has 2 amide bonds. The third kappa shape index (κ3) is 5.23. The monoisotopic (exact) mass is 502 g/mol. The van der Waals surface area contributed by atoms with Crippen molar-refractivity contribution in [1.82, 2.24) is 4.53 Å². The third-order valence-electron chi connectivity index (χ3n) is 4.90. The van der Waals surface area contributed by atoms with Crippen molar-refractivity contribution in [3.05, 3.63) is 75.3 Å². The minimum absolute atomic E-state index is 0. The molecule has 0 saturated heterocycles. The molecule has 10 heteroatoms. The predicted molar refractivity (Wildman–Crippen MR) is 128 cm³/mol. The number of rotatable bonds is 3. The number of hydrogen-bond acceptors (Lipinski definition) is 4. The second kappa shape index (κ2) is 9.75. The Morgan fingerprint density at radius 1 is 0.969 bits per heavy atom. The van der Waals surface area contributed by atoms with E-state index in [-0.39, 0.29) is 28.9 Å². The van der Waals surface area contributed by atoms with Crippen molar-refractivity contribution in [1.29, 1.82) is 0 Å². The van der Waals surface area contributed by atoms with E-state index >= 15 is 0 Å². The lowest BCUT2D eigenvalue weighted by Crippen LogP contribution is -2.64. The first-order valence-corrected chi connectivity index (χ1v) is 10.3. The molecule has 0 aliphatic rings. The lowest BCUT2D eigenvalue weighted by atomic mass is 9.86. The van der Waals surface area contributed by atoms with Crippen LogP contribution in [0.2, 0.25) is 0 Å². The molecule has 7 nitrogen and oxygen atoms in total. The predicted octanol–water partition coefficient (Wildman–Crippen LogP) is 6.43. The van der Waals surface area contributed by atoms with Gasteiger partial charge in [0.15, 0.2) is 0 Å². The first-order chi connectivity index (χ1) is 14.1. The molecule has 0 spiro atoms. The molecule has 0 aliphatic carbocycles. The summed E-state index contributed by atoms with van der Waals surface area (Å²) in [5, 5.41) is 11.4. The number of benzene rings is 2. The van der Waals surface area contributed by atoms with Crippen molar-refractivity contribution >= 4 is 53.5 Å². The van der Waals surface area contributed by atoms with Crippen LogP contribution in [0.1, 0.15) is 67.8 Å². The Bertz CT molecular complexity index is 1010. The van der Waals surface area contributed by atoms with E-state index in [1.165, 1.54) is 24.3 Å². The van der Waals surface area contributed by atoms with Crippen LogP contribution >= 0.6 is 36.0 Å². The summed E-state index contributed by atoms with van der Waals surface area (Å²) in [5.41, 5.74) is -0.616. The van der Waals surface area contributed by atoms with Crippen molar-refractivity contribution in [3.8, 4) is 0 Å². The van der Waals surface area contributed by atoms with E-state index in [1.807, 2.05) is 32.9 Å². The molecule has 1 atom stereocenters. The Hall–Kier alpha value is -2.19. The van der Waals surface area contributed by atoms with Crippen molar-refractivity contribution in [3.63, 3.8) is 0 Å². The Balaban J connectivity index is 0.00000512. The van der Waals surface area contributed by atoms with Crippen LogP contribution in [0, 0.1) is 10.1 Å². The molecule has 0 heterocycles. The normalized spacial score (nSPS) is 13.5. The number of hydrogen-bond donors (Lipinski definition) is 0. The summed E-state index contributed by atoms with van der Waals surface area (Å²) in [6.07, 6.45) is 0. The molecule has 2 aromatic rings. The van der Waals surface area contributed by atoms with Crippen molar-refractivity contribution < 1.29 is 18.6 Å². The van der Waals surface area contributed by atoms with Crippen LogP contribution in [0.25, 0.3) is 0 Å². The van der Waals surface area contributed by atoms with E-state index in [0.29, 0.717) is 4.53 Å². The molecule has 0 N–H and O–H groups in total. The highest BCUT2D eigenvalue weighted by molar-refractivity contribution is 6.27. The van der Waals surface area contributed by atoms with Crippen LogP contribution in [0.15, 0.2) is 48.5 Å². The molecule has 0 aliphatic heterocycles. The fourth-order valence-electron chi connectivity index (χ4n) is 2.97. The van der Waals surface area contributed by atoms with Gasteiger partial charge in [-0.25, -0.2) is 4.79 Å². The van der Waals surface area contributed by atoms with E-state index < -0.39 is 32.1 Å². The van der Waals surface area contributed by atoms with Gasteiger partial charge in [-0.3, -0.25) is 14.9 Å². The number of nitrogens with zero attached hydrogens (tertiary/aromatic N) is 3. The van der Waals surface area contributed by atoms with Gasteiger partial charge in [-0.05, 0) is 54.1 Å². The number of carbonyl (C=O) groups excluding carboxylic acids is 2. The SMILES string of the molecule is CC(C)(C)c1ccc(C(=O)[N+](Cl)(N(Cl)C(=O)c2ccccc2[N+](=O)[O-])C(C)(C)C)cc1.Cl. The average molecular weight is 504 g/mol. The topological polar surface area (TPSA) is 80.5 Å². The molecule has 32 heavy (non-hydrogen) atoms. The van der Waals surface area contributed by atoms with Crippen molar-refractivity contribution in [2.45, 2.75) is 52.5 Å². The highest BCUT2D eigenvalue weighted by atomic mass is 35.5. The van der Waals surface area contributed by atoms with Gasteiger partial charge in [0.1, 0.15) is 11.1 Å². The van der Waals surface area contributed by atoms with Crippen molar-refractivity contribution in [2.24, 2.45) is 0 Å². The van der Waals surface area contributed by atoms with E-state index in [1.54, 1.807) is 32.9 Å².